The van der Waals surface area contributed by atoms with Crippen molar-refractivity contribution in [2.75, 3.05) is 11.1 Å². The summed E-state index contributed by atoms with van der Waals surface area (Å²) in [7, 11) is 0. The van der Waals surface area contributed by atoms with Crippen LogP contribution in [0.5, 0.6) is 0 Å². The highest BCUT2D eigenvalue weighted by molar-refractivity contribution is 5.67. The normalized spacial score (nSPS) is 10.0. The van der Waals surface area contributed by atoms with Gasteiger partial charge >= 0.3 is 5.69 Å². The summed E-state index contributed by atoms with van der Waals surface area (Å²) in [5.41, 5.74) is 6.01. The number of rotatable bonds is 4. The lowest BCUT2D eigenvalue weighted by molar-refractivity contribution is -0.383. The van der Waals surface area contributed by atoms with E-state index in [1.54, 1.807) is 18.5 Å². The van der Waals surface area contributed by atoms with E-state index in [4.69, 9.17) is 5.73 Å². The van der Waals surface area contributed by atoms with Crippen molar-refractivity contribution in [1.29, 1.82) is 0 Å². The van der Waals surface area contributed by atoms with Gasteiger partial charge in [0.15, 0.2) is 0 Å². The van der Waals surface area contributed by atoms with Crippen LogP contribution in [0.3, 0.4) is 0 Å². The van der Waals surface area contributed by atoms with Gasteiger partial charge in [-0.05, 0) is 11.6 Å². The monoisotopic (exact) mass is 246 g/mol. The van der Waals surface area contributed by atoms with Crippen molar-refractivity contribution in [1.82, 2.24) is 15.0 Å². The van der Waals surface area contributed by atoms with Crippen LogP contribution in [0.4, 0.5) is 17.3 Å². The minimum absolute atomic E-state index is 0.0938. The highest BCUT2D eigenvalue weighted by Gasteiger charge is 2.20. The summed E-state index contributed by atoms with van der Waals surface area (Å²) in [4.78, 5) is 21.6. The van der Waals surface area contributed by atoms with Gasteiger partial charge in [-0.25, -0.2) is 9.97 Å². The lowest BCUT2D eigenvalue weighted by atomic mass is 10.3. The first-order chi connectivity index (χ1) is 8.68. The molecule has 0 spiro atoms. The van der Waals surface area contributed by atoms with Gasteiger partial charge in [0.1, 0.15) is 6.33 Å². The van der Waals surface area contributed by atoms with E-state index in [1.807, 2.05) is 6.07 Å². The molecule has 0 radical (unpaired) electrons. The molecular formula is C10H10N6O2. The summed E-state index contributed by atoms with van der Waals surface area (Å²) in [5.74, 6) is -0.0694. The van der Waals surface area contributed by atoms with E-state index in [0.29, 0.717) is 6.54 Å². The SMILES string of the molecule is Nc1ncnc(NCc2cccnc2)c1[N+](=O)[O-]. The Bertz CT molecular complexity index is 560. The Kier molecular flexibility index (Phi) is 3.28. The van der Waals surface area contributed by atoms with Gasteiger partial charge < -0.3 is 11.1 Å². The summed E-state index contributed by atoms with van der Waals surface area (Å²) in [6, 6.07) is 3.62. The molecule has 0 aliphatic rings. The van der Waals surface area contributed by atoms with Crippen molar-refractivity contribution in [3.63, 3.8) is 0 Å². The number of nitro groups is 1. The molecule has 0 aliphatic heterocycles. The molecule has 0 aliphatic carbocycles. The average Bonchev–Trinajstić information content (AvgIpc) is 2.37. The number of hydrogen-bond acceptors (Lipinski definition) is 7. The predicted molar refractivity (Wildman–Crippen MR) is 64.7 cm³/mol. The van der Waals surface area contributed by atoms with E-state index in [-0.39, 0.29) is 17.3 Å². The zero-order chi connectivity index (χ0) is 13.0. The quantitative estimate of drug-likeness (QED) is 0.609. The molecule has 8 nitrogen and oxygen atoms in total. The maximum Gasteiger partial charge on any atom is 0.352 e. The first-order valence-corrected chi connectivity index (χ1v) is 5.06. The van der Waals surface area contributed by atoms with E-state index >= 15 is 0 Å². The molecule has 3 N–H and O–H groups in total. The summed E-state index contributed by atoms with van der Waals surface area (Å²) in [5, 5.41) is 13.7. The fraction of sp³-hybridized carbons (Fsp3) is 0.100. The summed E-state index contributed by atoms with van der Waals surface area (Å²) >= 11 is 0. The second kappa shape index (κ2) is 5.04. The maximum atomic E-state index is 10.8. The van der Waals surface area contributed by atoms with Crippen LogP contribution in [0.1, 0.15) is 5.56 Å². The standard InChI is InChI=1S/C10H10N6O2/c11-9-8(16(17)18)10(15-6-14-9)13-5-7-2-1-3-12-4-7/h1-4,6H,5H2,(H3,11,13,14,15). The van der Waals surface area contributed by atoms with Gasteiger partial charge in [-0.2, -0.15) is 0 Å². The van der Waals surface area contributed by atoms with Crippen LogP contribution in [-0.4, -0.2) is 19.9 Å². The van der Waals surface area contributed by atoms with Gasteiger partial charge in [0.2, 0.25) is 11.6 Å². The zero-order valence-electron chi connectivity index (χ0n) is 9.28. The Hall–Kier alpha value is -2.77. The minimum Gasteiger partial charge on any atom is -0.378 e. The molecule has 92 valence electrons. The van der Waals surface area contributed by atoms with Gasteiger partial charge in [-0.15, -0.1) is 0 Å². The molecular weight excluding hydrogens is 236 g/mol. The molecule has 0 unspecified atom stereocenters. The number of nitrogens with two attached hydrogens (primary N) is 1. The lowest BCUT2D eigenvalue weighted by Gasteiger charge is -2.06. The molecule has 0 atom stereocenters. The lowest BCUT2D eigenvalue weighted by Crippen LogP contribution is -2.08. The zero-order valence-corrected chi connectivity index (χ0v) is 9.28. The number of nitrogens with zero attached hydrogens (tertiary/aromatic N) is 4. The second-order valence-corrected chi connectivity index (χ2v) is 3.43. The molecule has 0 aromatic carbocycles. The molecule has 8 heteroatoms. The smallest absolute Gasteiger partial charge is 0.352 e. The van der Waals surface area contributed by atoms with Crippen molar-refractivity contribution >= 4 is 17.3 Å². The third kappa shape index (κ3) is 2.48. The number of hydrogen-bond donors (Lipinski definition) is 2. The fourth-order valence-electron chi connectivity index (χ4n) is 1.39. The number of nitrogen functional groups attached to an aromatic ring is 1. The summed E-state index contributed by atoms with van der Waals surface area (Å²) < 4.78 is 0. The largest absolute Gasteiger partial charge is 0.378 e. The molecule has 18 heavy (non-hydrogen) atoms. The number of nitrogens with one attached hydrogen (secondary N) is 1. The van der Waals surface area contributed by atoms with E-state index in [9.17, 15) is 10.1 Å². The van der Waals surface area contributed by atoms with E-state index < -0.39 is 4.92 Å². The molecule has 0 saturated heterocycles. The first-order valence-electron chi connectivity index (χ1n) is 5.06. The number of aromatic nitrogens is 3. The first kappa shape index (κ1) is 11.7. The second-order valence-electron chi connectivity index (χ2n) is 3.43. The summed E-state index contributed by atoms with van der Waals surface area (Å²) in [6.07, 6.45) is 4.48. The topological polar surface area (TPSA) is 120 Å². The van der Waals surface area contributed by atoms with E-state index in [1.165, 1.54) is 6.33 Å². The van der Waals surface area contributed by atoms with Crippen LogP contribution in [0.25, 0.3) is 0 Å². The Morgan fingerprint density at radius 3 is 2.94 bits per heavy atom. The van der Waals surface area contributed by atoms with Gasteiger partial charge in [-0.3, -0.25) is 15.1 Å². The molecule has 2 rings (SSSR count). The van der Waals surface area contributed by atoms with Crippen molar-refractivity contribution in [3.8, 4) is 0 Å². The Balaban J connectivity index is 2.20. The van der Waals surface area contributed by atoms with Crippen LogP contribution in [-0.2, 0) is 6.54 Å². The molecule has 2 aromatic rings. The van der Waals surface area contributed by atoms with Gasteiger partial charge in [-0.1, -0.05) is 6.07 Å². The van der Waals surface area contributed by atoms with Crippen LogP contribution < -0.4 is 11.1 Å². The molecule has 0 bridgehead atoms. The van der Waals surface area contributed by atoms with Crippen LogP contribution in [0.2, 0.25) is 0 Å². The average molecular weight is 246 g/mol. The van der Waals surface area contributed by atoms with Crippen LogP contribution in [0.15, 0.2) is 30.9 Å². The minimum atomic E-state index is -0.610. The van der Waals surface area contributed by atoms with Crippen molar-refractivity contribution in [3.05, 3.63) is 46.5 Å². The number of anilines is 2. The number of pyridine rings is 1. The van der Waals surface area contributed by atoms with E-state index in [0.717, 1.165) is 5.56 Å². The highest BCUT2D eigenvalue weighted by atomic mass is 16.6. The van der Waals surface area contributed by atoms with Gasteiger partial charge in [0, 0.05) is 18.9 Å². The molecule has 0 amide bonds. The molecule has 2 heterocycles. The fourth-order valence-corrected chi connectivity index (χ4v) is 1.39. The van der Waals surface area contributed by atoms with Gasteiger partial charge in [0.05, 0.1) is 4.92 Å². The van der Waals surface area contributed by atoms with Crippen LogP contribution >= 0.6 is 0 Å². The molecule has 0 fully saturated rings. The van der Waals surface area contributed by atoms with Crippen molar-refractivity contribution in [2.24, 2.45) is 0 Å². The Labute approximate surface area is 102 Å². The third-order valence-corrected chi connectivity index (χ3v) is 2.22. The Morgan fingerprint density at radius 1 is 1.44 bits per heavy atom. The maximum absolute atomic E-state index is 10.8. The third-order valence-electron chi connectivity index (χ3n) is 2.22. The predicted octanol–water partition coefficient (Wildman–Crippen LogP) is 0.974. The van der Waals surface area contributed by atoms with Crippen LogP contribution in [0, 0.1) is 10.1 Å². The van der Waals surface area contributed by atoms with Crippen molar-refractivity contribution < 1.29 is 4.92 Å². The van der Waals surface area contributed by atoms with Crippen molar-refractivity contribution in [2.45, 2.75) is 6.54 Å². The Morgan fingerprint density at radius 2 is 2.28 bits per heavy atom. The summed E-state index contributed by atoms with van der Waals surface area (Å²) in [6.45, 7) is 0.366. The molecule has 0 saturated carbocycles. The van der Waals surface area contributed by atoms with E-state index in [2.05, 4.69) is 20.3 Å². The molecule has 2 aromatic heterocycles. The van der Waals surface area contributed by atoms with Gasteiger partial charge in [0.25, 0.3) is 0 Å². The highest BCUT2D eigenvalue weighted by Crippen LogP contribution is 2.26.